The van der Waals surface area contributed by atoms with E-state index < -0.39 is 0 Å². The summed E-state index contributed by atoms with van der Waals surface area (Å²) in [6, 6.07) is 13.8. The standard InChI is InChI=1S/C20H26N4O/c1-23-12-14-24(15-13-23)19(18-7-3-2-4-8-18)20(25)22-11-9-17-6-5-10-21-16-17/h2-8,10,16,19H,9,11-15H2,1H3,(H,22,25). The molecule has 25 heavy (non-hydrogen) atoms. The number of hydrogen-bond donors (Lipinski definition) is 1. The van der Waals surface area contributed by atoms with Crippen LogP contribution in [0.4, 0.5) is 0 Å². The van der Waals surface area contributed by atoms with E-state index in [4.69, 9.17) is 0 Å². The van der Waals surface area contributed by atoms with Gasteiger partial charge in [-0.3, -0.25) is 14.7 Å². The average Bonchev–Trinajstić information content (AvgIpc) is 2.65. The molecule has 1 amide bonds. The number of nitrogens with zero attached hydrogens (tertiary/aromatic N) is 3. The molecule has 1 aliphatic rings. The molecule has 0 aliphatic carbocycles. The number of carbonyl (C=O) groups is 1. The Balaban J connectivity index is 1.65. The fraction of sp³-hybridized carbons (Fsp3) is 0.400. The molecule has 1 fully saturated rings. The zero-order chi connectivity index (χ0) is 17.5. The van der Waals surface area contributed by atoms with Gasteiger partial charge in [0.2, 0.25) is 5.91 Å². The van der Waals surface area contributed by atoms with Crippen molar-refractivity contribution in [2.45, 2.75) is 12.5 Å². The van der Waals surface area contributed by atoms with E-state index in [1.54, 1.807) is 6.20 Å². The van der Waals surface area contributed by atoms with Gasteiger partial charge in [0.25, 0.3) is 0 Å². The predicted octanol–water partition coefficient (Wildman–Crippen LogP) is 1.73. The molecule has 5 nitrogen and oxygen atoms in total. The summed E-state index contributed by atoms with van der Waals surface area (Å²) in [6.45, 7) is 4.43. The van der Waals surface area contributed by atoms with Gasteiger partial charge in [0, 0.05) is 45.1 Å². The van der Waals surface area contributed by atoms with Crippen molar-refractivity contribution in [2.75, 3.05) is 39.8 Å². The summed E-state index contributed by atoms with van der Waals surface area (Å²) >= 11 is 0. The first kappa shape index (κ1) is 17.6. The minimum absolute atomic E-state index is 0.0830. The number of rotatable bonds is 6. The van der Waals surface area contributed by atoms with Crippen LogP contribution in [0, 0.1) is 0 Å². The van der Waals surface area contributed by atoms with Crippen LogP contribution in [0.5, 0.6) is 0 Å². The Morgan fingerprint density at radius 2 is 1.88 bits per heavy atom. The molecule has 1 saturated heterocycles. The van der Waals surface area contributed by atoms with Crippen LogP contribution < -0.4 is 5.32 Å². The van der Waals surface area contributed by atoms with Crippen LogP contribution in [0.15, 0.2) is 54.9 Å². The Kier molecular flexibility index (Phi) is 6.14. The Morgan fingerprint density at radius 1 is 1.12 bits per heavy atom. The number of aromatic nitrogens is 1. The molecule has 0 radical (unpaired) electrons. The lowest BCUT2D eigenvalue weighted by Gasteiger charge is -2.37. The van der Waals surface area contributed by atoms with Crippen molar-refractivity contribution in [3.63, 3.8) is 0 Å². The number of hydrogen-bond acceptors (Lipinski definition) is 4. The van der Waals surface area contributed by atoms with Crippen molar-refractivity contribution in [1.29, 1.82) is 0 Å². The smallest absolute Gasteiger partial charge is 0.241 e. The molecular formula is C20H26N4O. The minimum Gasteiger partial charge on any atom is -0.354 e. The van der Waals surface area contributed by atoms with Crippen LogP contribution in [-0.2, 0) is 11.2 Å². The second-order valence-corrected chi connectivity index (χ2v) is 6.55. The minimum atomic E-state index is -0.219. The zero-order valence-corrected chi connectivity index (χ0v) is 14.8. The summed E-state index contributed by atoms with van der Waals surface area (Å²) in [7, 11) is 2.13. The van der Waals surface area contributed by atoms with Gasteiger partial charge >= 0.3 is 0 Å². The van der Waals surface area contributed by atoms with Crippen LogP contribution >= 0.6 is 0 Å². The number of benzene rings is 1. The molecule has 132 valence electrons. The lowest BCUT2D eigenvalue weighted by molar-refractivity contribution is -0.127. The molecule has 2 aromatic rings. The highest BCUT2D eigenvalue weighted by molar-refractivity contribution is 5.83. The fourth-order valence-corrected chi connectivity index (χ4v) is 3.22. The molecule has 0 spiro atoms. The van der Waals surface area contributed by atoms with Crippen molar-refractivity contribution >= 4 is 5.91 Å². The van der Waals surface area contributed by atoms with Gasteiger partial charge in [-0.1, -0.05) is 36.4 Å². The fourth-order valence-electron chi connectivity index (χ4n) is 3.22. The van der Waals surface area contributed by atoms with E-state index in [1.165, 1.54) is 0 Å². The van der Waals surface area contributed by atoms with Gasteiger partial charge in [-0.25, -0.2) is 0 Å². The highest BCUT2D eigenvalue weighted by Gasteiger charge is 2.29. The second kappa shape index (κ2) is 8.74. The molecule has 5 heteroatoms. The van der Waals surface area contributed by atoms with E-state index in [1.807, 2.05) is 48.7 Å². The maximum absolute atomic E-state index is 12.9. The van der Waals surface area contributed by atoms with Gasteiger partial charge in [-0.2, -0.15) is 0 Å². The van der Waals surface area contributed by atoms with E-state index >= 15 is 0 Å². The van der Waals surface area contributed by atoms with Crippen LogP contribution in [0.2, 0.25) is 0 Å². The van der Waals surface area contributed by atoms with Gasteiger partial charge < -0.3 is 10.2 Å². The third-order valence-electron chi connectivity index (χ3n) is 4.70. The normalized spacial score (nSPS) is 17.2. The Hall–Kier alpha value is -2.24. The summed E-state index contributed by atoms with van der Waals surface area (Å²) in [5, 5.41) is 3.12. The predicted molar refractivity (Wildman–Crippen MR) is 99.2 cm³/mol. The first-order chi connectivity index (χ1) is 12.2. The van der Waals surface area contributed by atoms with E-state index in [0.717, 1.165) is 43.7 Å². The lowest BCUT2D eigenvalue weighted by Crippen LogP contribution is -2.50. The molecule has 0 bridgehead atoms. The van der Waals surface area contributed by atoms with Crippen LogP contribution in [0.3, 0.4) is 0 Å². The third kappa shape index (κ3) is 4.87. The summed E-state index contributed by atoms with van der Waals surface area (Å²) < 4.78 is 0. The van der Waals surface area contributed by atoms with Crippen molar-refractivity contribution in [3.05, 3.63) is 66.0 Å². The number of piperazine rings is 1. The number of pyridine rings is 1. The SMILES string of the molecule is CN1CCN(C(C(=O)NCCc2cccnc2)c2ccccc2)CC1. The summed E-state index contributed by atoms with van der Waals surface area (Å²) in [5.41, 5.74) is 2.20. The van der Waals surface area contributed by atoms with E-state index in [2.05, 4.69) is 27.1 Å². The van der Waals surface area contributed by atoms with Gasteiger partial charge in [-0.05, 0) is 30.7 Å². The first-order valence-corrected chi connectivity index (χ1v) is 8.88. The van der Waals surface area contributed by atoms with Crippen molar-refractivity contribution in [3.8, 4) is 0 Å². The number of likely N-dealkylation sites (N-methyl/N-ethyl adjacent to an activating group) is 1. The quantitative estimate of drug-likeness (QED) is 0.871. The van der Waals surface area contributed by atoms with Crippen LogP contribution in [0.1, 0.15) is 17.2 Å². The van der Waals surface area contributed by atoms with Crippen molar-refractivity contribution < 1.29 is 4.79 Å². The topological polar surface area (TPSA) is 48.5 Å². The molecular weight excluding hydrogens is 312 g/mol. The number of nitrogens with one attached hydrogen (secondary N) is 1. The van der Waals surface area contributed by atoms with Gasteiger partial charge in [0.15, 0.2) is 0 Å². The Morgan fingerprint density at radius 3 is 2.56 bits per heavy atom. The molecule has 1 aromatic carbocycles. The molecule has 1 atom stereocenters. The molecule has 1 aromatic heterocycles. The lowest BCUT2D eigenvalue weighted by atomic mass is 10.0. The van der Waals surface area contributed by atoms with Crippen molar-refractivity contribution in [1.82, 2.24) is 20.1 Å². The average molecular weight is 338 g/mol. The van der Waals surface area contributed by atoms with E-state index in [0.29, 0.717) is 6.54 Å². The van der Waals surface area contributed by atoms with Gasteiger partial charge in [-0.15, -0.1) is 0 Å². The second-order valence-electron chi connectivity index (χ2n) is 6.55. The molecule has 0 saturated carbocycles. The monoisotopic (exact) mass is 338 g/mol. The number of carbonyl (C=O) groups excluding carboxylic acids is 1. The number of amides is 1. The Labute approximate surface area is 149 Å². The van der Waals surface area contributed by atoms with E-state index in [-0.39, 0.29) is 11.9 Å². The summed E-state index contributed by atoms with van der Waals surface area (Å²) in [4.78, 5) is 21.6. The largest absolute Gasteiger partial charge is 0.354 e. The van der Waals surface area contributed by atoms with Crippen LogP contribution in [0.25, 0.3) is 0 Å². The highest BCUT2D eigenvalue weighted by atomic mass is 16.2. The molecule has 1 N–H and O–H groups in total. The van der Waals surface area contributed by atoms with Crippen molar-refractivity contribution in [2.24, 2.45) is 0 Å². The maximum atomic E-state index is 12.9. The highest BCUT2D eigenvalue weighted by Crippen LogP contribution is 2.22. The Bertz CT molecular complexity index is 654. The molecule has 1 aliphatic heterocycles. The van der Waals surface area contributed by atoms with Crippen LogP contribution in [-0.4, -0.2) is 60.5 Å². The maximum Gasteiger partial charge on any atom is 0.241 e. The summed E-state index contributed by atoms with van der Waals surface area (Å²) in [5.74, 6) is 0.0830. The van der Waals surface area contributed by atoms with Gasteiger partial charge in [0.05, 0.1) is 0 Å². The van der Waals surface area contributed by atoms with Gasteiger partial charge in [0.1, 0.15) is 6.04 Å². The zero-order valence-electron chi connectivity index (χ0n) is 14.8. The third-order valence-corrected chi connectivity index (χ3v) is 4.70. The molecule has 2 heterocycles. The van der Waals surface area contributed by atoms with E-state index in [9.17, 15) is 4.79 Å². The molecule has 3 rings (SSSR count). The first-order valence-electron chi connectivity index (χ1n) is 8.88. The summed E-state index contributed by atoms with van der Waals surface area (Å²) in [6.07, 6.45) is 4.41. The molecule has 1 unspecified atom stereocenters.